The van der Waals surface area contributed by atoms with E-state index in [-0.39, 0.29) is 5.75 Å². The van der Waals surface area contributed by atoms with E-state index >= 15 is 0 Å². The van der Waals surface area contributed by atoms with Crippen LogP contribution in [0.25, 0.3) is 0 Å². The van der Waals surface area contributed by atoms with Crippen LogP contribution in [0.3, 0.4) is 0 Å². The summed E-state index contributed by atoms with van der Waals surface area (Å²) in [5, 5.41) is 16.5. The number of anilines is 1. The van der Waals surface area contributed by atoms with E-state index in [9.17, 15) is 9.90 Å². The van der Waals surface area contributed by atoms with Gasteiger partial charge in [0, 0.05) is 16.5 Å². The number of rotatable bonds is 5. The van der Waals surface area contributed by atoms with E-state index in [0.29, 0.717) is 29.3 Å². The third-order valence-corrected chi connectivity index (χ3v) is 4.39. The summed E-state index contributed by atoms with van der Waals surface area (Å²) < 4.78 is 11.2. The summed E-state index contributed by atoms with van der Waals surface area (Å²) >= 11 is 3.30. The number of nitrogens with one attached hydrogen (secondary N) is 1. The molecule has 0 spiro atoms. The number of carbonyl (C=O) groups is 1. The average molecular weight is 421 g/mol. The number of methoxy groups -OCH3 is 2. The molecule has 1 aliphatic rings. The predicted octanol–water partition coefficient (Wildman–Crippen LogP) is 3.30. The van der Waals surface area contributed by atoms with E-state index in [0.717, 1.165) is 10.0 Å². The summed E-state index contributed by atoms with van der Waals surface area (Å²) in [6.07, 6.45) is -0.479. The maximum atomic E-state index is 12.4. The molecule has 136 valence electrons. The molecule has 2 N–H and O–H groups in total. The molecule has 0 aromatic heterocycles. The Balaban J connectivity index is 1.69. The Hall–Kier alpha value is -2.74. The van der Waals surface area contributed by atoms with Gasteiger partial charge in [0.25, 0.3) is 5.91 Å². The highest BCUT2D eigenvalue weighted by Gasteiger charge is 2.29. The molecule has 1 aliphatic heterocycles. The van der Waals surface area contributed by atoms with Crippen molar-refractivity contribution in [3.05, 3.63) is 46.4 Å². The topological polar surface area (TPSA) is 89.4 Å². The van der Waals surface area contributed by atoms with Gasteiger partial charge in [-0.05, 0) is 36.4 Å². The number of phenolic OH excluding ortho intramolecular Hbond substituents is 1. The molecule has 0 aliphatic carbocycles. The lowest BCUT2D eigenvalue weighted by atomic mass is 10.0. The fourth-order valence-electron chi connectivity index (χ4n) is 2.53. The fourth-order valence-corrected chi connectivity index (χ4v) is 2.89. The van der Waals surface area contributed by atoms with Crippen LogP contribution in [0.1, 0.15) is 12.0 Å². The second-order valence-electron chi connectivity index (χ2n) is 5.56. The van der Waals surface area contributed by atoms with Gasteiger partial charge in [-0.1, -0.05) is 21.1 Å². The number of amides is 1. The second kappa shape index (κ2) is 7.65. The predicted molar refractivity (Wildman–Crippen MR) is 100 cm³/mol. The molecule has 0 radical (unpaired) electrons. The number of oxime groups is 1. The van der Waals surface area contributed by atoms with Crippen LogP contribution >= 0.6 is 15.9 Å². The van der Waals surface area contributed by atoms with Crippen LogP contribution < -0.4 is 14.8 Å². The van der Waals surface area contributed by atoms with E-state index in [1.807, 2.05) is 6.07 Å². The molecule has 8 heteroatoms. The summed E-state index contributed by atoms with van der Waals surface area (Å²) in [4.78, 5) is 17.7. The second-order valence-corrected chi connectivity index (χ2v) is 6.47. The van der Waals surface area contributed by atoms with Crippen LogP contribution in [-0.4, -0.2) is 37.0 Å². The van der Waals surface area contributed by atoms with Gasteiger partial charge in [0.15, 0.2) is 11.5 Å². The number of halogens is 1. The van der Waals surface area contributed by atoms with Crippen molar-refractivity contribution in [1.29, 1.82) is 0 Å². The van der Waals surface area contributed by atoms with Gasteiger partial charge in [0.05, 0.1) is 25.6 Å². The quantitative estimate of drug-likeness (QED) is 0.724. The Kier molecular flexibility index (Phi) is 5.32. The lowest BCUT2D eigenvalue weighted by Crippen LogP contribution is -2.28. The lowest BCUT2D eigenvalue weighted by Gasteiger charge is -2.11. The van der Waals surface area contributed by atoms with Gasteiger partial charge in [-0.3, -0.25) is 4.79 Å². The highest BCUT2D eigenvalue weighted by Crippen LogP contribution is 2.30. The maximum absolute atomic E-state index is 12.4. The van der Waals surface area contributed by atoms with E-state index in [4.69, 9.17) is 14.3 Å². The van der Waals surface area contributed by atoms with Gasteiger partial charge >= 0.3 is 0 Å². The molecule has 1 atom stereocenters. The van der Waals surface area contributed by atoms with Crippen molar-refractivity contribution >= 4 is 33.2 Å². The Bertz CT molecular complexity index is 869. The molecule has 7 nitrogen and oxygen atoms in total. The van der Waals surface area contributed by atoms with E-state index in [1.165, 1.54) is 6.07 Å². The maximum Gasteiger partial charge on any atom is 0.268 e. The zero-order valence-corrected chi connectivity index (χ0v) is 15.7. The standard InChI is InChI=1S/C18H17BrN2O5/c1-24-15-6-3-10(7-16(15)25-2)12-9-17(26-21-12)18(23)20-13-8-11(19)4-5-14(13)22/h3-8,17,22H,9H2,1-2H3,(H,20,23)/t17-/m0/s1. The van der Waals surface area contributed by atoms with Gasteiger partial charge in [0.2, 0.25) is 6.10 Å². The first-order valence-electron chi connectivity index (χ1n) is 7.76. The van der Waals surface area contributed by atoms with Crippen LogP contribution in [-0.2, 0) is 9.63 Å². The van der Waals surface area contributed by atoms with Gasteiger partial charge in [-0.2, -0.15) is 0 Å². The van der Waals surface area contributed by atoms with Crippen molar-refractivity contribution in [2.75, 3.05) is 19.5 Å². The number of benzene rings is 2. The Morgan fingerprint density at radius 3 is 2.73 bits per heavy atom. The number of hydrogen-bond acceptors (Lipinski definition) is 6. The number of carbonyl (C=O) groups excluding carboxylic acids is 1. The first-order chi connectivity index (χ1) is 12.5. The molecular formula is C18H17BrN2O5. The summed E-state index contributed by atoms with van der Waals surface area (Å²) in [6.45, 7) is 0. The molecule has 0 unspecified atom stereocenters. The highest BCUT2D eigenvalue weighted by molar-refractivity contribution is 9.10. The normalized spacial score (nSPS) is 15.8. The molecule has 0 saturated carbocycles. The Morgan fingerprint density at radius 1 is 1.23 bits per heavy atom. The van der Waals surface area contributed by atoms with Gasteiger partial charge < -0.3 is 24.7 Å². The Morgan fingerprint density at radius 2 is 2.00 bits per heavy atom. The number of aromatic hydroxyl groups is 1. The van der Waals surface area contributed by atoms with Crippen molar-refractivity contribution in [2.45, 2.75) is 12.5 Å². The molecular weight excluding hydrogens is 404 g/mol. The van der Waals surface area contributed by atoms with E-state index < -0.39 is 12.0 Å². The Labute approximate surface area is 158 Å². The van der Waals surface area contributed by atoms with Crippen LogP contribution in [0.4, 0.5) is 5.69 Å². The van der Waals surface area contributed by atoms with Crippen molar-refractivity contribution in [3.63, 3.8) is 0 Å². The molecule has 1 heterocycles. The van der Waals surface area contributed by atoms with Gasteiger partial charge in [0.1, 0.15) is 5.75 Å². The monoisotopic (exact) mass is 420 g/mol. The van der Waals surface area contributed by atoms with Crippen molar-refractivity contribution in [3.8, 4) is 17.2 Å². The average Bonchev–Trinajstić information content (AvgIpc) is 3.14. The van der Waals surface area contributed by atoms with Crippen molar-refractivity contribution in [1.82, 2.24) is 0 Å². The van der Waals surface area contributed by atoms with Crippen LogP contribution in [0.5, 0.6) is 17.2 Å². The lowest BCUT2D eigenvalue weighted by molar-refractivity contribution is -0.125. The molecule has 3 rings (SSSR count). The number of ether oxygens (including phenoxy) is 2. The summed E-state index contributed by atoms with van der Waals surface area (Å²) in [5.41, 5.74) is 1.71. The minimum Gasteiger partial charge on any atom is -0.506 e. The number of phenols is 1. The zero-order valence-electron chi connectivity index (χ0n) is 14.2. The minimum atomic E-state index is -0.781. The van der Waals surface area contributed by atoms with Gasteiger partial charge in [-0.15, -0.1) is 0 Å². The summed E-state index contributed by atoms with van der Waals surface area (Å²) in [6, 6.07) is 10.1. The third kappa shape index (κ3) is 3.75. The molecule has 1 amide bonds. The van der Waals surface area contributed by atoms with Crippen molar-refractivity contribution < 1.29 is 24.2 Å². The molecule has 0 saturated heterocycles. The van der Waals surface area contributed by atoms with Crippen LogP contribution in [0.2, 0.25) is 0 Å². The molecule has 0 bridgehead atoms. The van der Waals surface area contributed by atoms with Gasteiger partial charge in [-0.25, -0.2) is 0 Å². The number of nitrogens with zero attached hydrogens (tertiary/aromatic N) is 1. The minimum absolute atomic E-state index is 0.0272. The third-order valence-electron chi connectivity index (χ3n) is 3.89. The summed E-state index contributed by atoms with van der Waals surface area (Å²) in [5.74, 6) is 0.757. The molecule has 2 aromatic rings. The first kappa shape index (κ1) is 18.1. The zero-order chi connectivity index (χ0) is 18.7. The smallest absolute Gasteiger partial charge is 0.268 e. The van der Waals surface area contributed by atoms with E-state index in [2.05, 4.69) is 26.4 Å². The van der Waals surface area contributed by atoms with Crippen LogP contribution in [0.15, 0.2) is 46.0 Å². The molecule has 0 fully saturated rings. The van der Waals surface area contributed by atoms with E-state index in [1.54, 1.807) is 38.5 Å². The van der Waals surface area contributed by atoms with Crippen molar-refractivity contribution in [2.24, 2.45) is 5.16 Å². The molecule has 2 aromatic carbocycles. The van der Waals surface area contributed by atoms with Crippen LogP contribution in [0, 0.1) is 0 Å². The molecule has 26 heavy (non-hydrogen) atoms. The highest BCUT2D eigenvalue weighted by atomic mass is 79.9. The SMILES string of the molecule is COc1ccc(C2=NO[C@H](C(=O)Nc3cc(Br)ccc3O)C2)cc1OC. The fraction of sp³-hybridized carbons (Fsp3) is 0.222. The summed E-state index contributed by atoms with van der Waals surface area (Å²) in [7, 11) is 3.11. The first-order valence-corrected chi connectivity index (χ1v) is 8.55. The largest absolute Gasteiger partial charge is 0.506 e. The number of hydrogen-bond donors (Lipinski definition) is 2.